The van der Waals surface area contributed by atoms with E-state index >= 15 is 0 Å². The van der Waals surface area contributed by atoms with E-state index in [4.69, 9.17) is 32.7 Å². The van der Waals surface area contributed by atoms with Gasteiger partial charge in [-0.25, -0.2) is 14.1 Å². The molecule has 1 aliphatic heterocycles. The van der Waals surface area contributed by atoms with E-state index in [9.17, 15) is 23.6 Å². The van der Waals surface area contributed by atoms with Gasteiger partial charge < -0.3 is 14.8 Å². The van der Waals surface area contributed by atoms with Crippen LogP contribution < -0.4 is 25.0 Å². The highest BCUT2D eigenvalue weighted by molar-refractivity contribution is 9.10. The maximum atomic E-state index is 13.8. The number of rotatable bonds is 8. The predicted molar refractivity (Wildman–Crippen MR) is 151 cm³/mol. The van der Waals surface area contributed by atoms with E-state index in [1.54, 1.807) is 13.0 Å². The molecule has 9 nitrogen and oxygen atoms in total. The first-order chi connectivity index (χ1) is 19.1. The topological polar surface area (TPSA) is 114 Å². The molecular formula is C27H19BrCl2FN3O6. The molecular weight excluding hydrogens is 632 g/mol. The molecule has 0 bridgehead atoms. The highest BCUT2D eigenvalue weighted by Gasteiger charge is 2.37. The predicted octanol–water partition coefficient (Wildman–Crippen LogP) is 5.98. The first kappa shape index (κ1) is 29.1. The zero-order chi connectivity index (χ0) is 29.0. The average molecular weight is 651 g/mol. The van der Waals surface area contributed by atoms with E-state index in [0.29, 0.717) is 10.0 Å². The third kappa shape index (κ3) is 6.44. The number of carbonyl (C=O) groups is 4. The molecule has 13 heteroatoms. The minimum atomic E-state index is -0.945. The Morgan fingerprint density at radius 2 is 1.82 bits per heavy atom. The van der Waals surface area contributed by atoms with Crippen molar-refractivity contribution in [2.75, 3.05) is 23.4 Å². The van der Waals surface area contributed by atoms with Gasteiger partial charge >= 0.3 is 6.03 Å². The van der Waals surface area contributed by atoms with Crippen LogP contribution in [-0.2, 0) is 14.4 Å². The van der Waals surface area contributed by atoms with Gasteiger partial charge in [0.15, 0.2) is 18.1 Å². The van der Waals surface area contributed by atoms with Crippen molar-refractivity contribution >= 4 is 80.3 Å². The van der Waals surface area contributed by atoms with Gasteiger partial charge in [-0.1, -0.05) is 35.3 Å². The van der Waals surface area contributed by atoms with E-state index in [-0.39, 0.29) is 45.1 Å². The molecule has 0 aromatic heterocycles. The summed E-state index contributed by atoms with van der Waals surface area (Å²) in [6.07, 6.45) is 1.27. The number of hydrogen-bond donors (Lipinski definition) is 2. The molecule has 0 aliphatic carbocycles. The molecule has 0 unspecified atom stereocenters. The van der Waals surface area contributed by atoms with Crippen LogP contribution in [0.15, 0.2) is 64.6 Å². The summed E-state index contributed by atoms with van der Waals surface area (Å²) < 4.78 is 25.5. The van der Waals surface area contributed by atoms with Crippen molar-refractivity contribution in [3.63, 3.8) is 0 Å². The quantitative estimate of drug-likeness (QED) is 0.229. The van der Waals surface area contributed by atoms with E-state index < -0.39 is 36.2 Å². The molecule has 206 valence electrons. The Labute approximate surface area is 246 Å². The van der Waals surface area contributed by atoms with Crippen molar-refractivity contribution in [1.82, 2.24) is 5.32 Å². The van der Waals surface area contributed by atoms with Gasteiger partial charge in [0.1, 0.15) is 11.4 Å². The van der Waals surface area contributed by atoms with E-state index in [1.807, 2.05) is 0 Å². The van der Waals surface area contributed by atoms with Gasteiger partial charge in [-0.3, -0.25) is 19.7 Å². The Kier molecular flexibility index (Phi) is 9.08. The molecule has 3 aromatic carbocycles. The molecule has 1 heterocycles. The molecule has 5 amide bonds. The number of ether oxygens (including phenoxy) is 2. The van der Waals surface area contributed by atoms with Crippen LogP contribution in [0, 0.1) is 5.82 Å². The minimum absolute atomic E-state index is 0.00555. The number of para-hydroxylation sites is 1. The van der Waals surface area contributed by atoms with Gasteiger partial charge in [-0.2, -0.15) is 0 Å². The van der Waals surface area contributed by atoms with Crippen molar-refractivity contribution in [1.29, 1.82) is 0 Å². The van der Waals surface area contributed by atoms with E-state index in [1.165, 1.54) is 54.6 Å². The van der Waals surface area contributed by atoms with Crippen LogP contribution in [0.5, 0.6) is 11.5 Å². The minimum Gasteiger partial charge on any atom is -0.490 e. The van der Waals surface area contributed by atoms with Crippen LogP contribution in [0.3, 0.4) is 0 Å². The molecule has 2 N–H and O–H groups in total. The summed E-state index contributed by atoms with van der Waals surface area (Å²) in [5, 5.41) is 4.89. The number of imide groups is 2. The zero-order valence-corrected chi connectivity index (χ0v) is 23.7. The highest BCUT2D eigenvalue weighted by atomic mass is 79.9. The summed E-state index contributed by atoms with van der Waals surface area (Å²) in [5.41, 5.74) is 0.133. The van der Waals surface area contributed by atoms with Crippen molar-refractivity contribution in [2.24, 2.45) is 0 Å². The number of nitrogens with zero attached hydrogens (tertiary/aromatic N) is 1. The number of nitrogens with one attached hydrogen (secondary N) is 2. The fourth-order valence-electron chi connectivity index (χ4n) is 3.64. The Morgan fingerprint density at radius 3 is 2.52 bits per heavy atom. The molecule has 3 aromatic rings. The third-order valence-electron chi connectivity index (χ3n) is 5.40. The summed E-state index contributed by atoms with van der Waals surface area (Å²) in [5.74, 6) is -2.62. The average Bonchev–Trinajstić information content (AvgIpc) is 2.89. The lowest BCUT2D eigenvalue weighted by atomic mass is 10.1. The molecule has 0 spiro atoms. The first-order valence-electron chi connectivity index (χ1n) is 11.6. The van der Waals surface area contributed by atoms with Crippen LogP contribution in [0.25, 0.3) is 6.08 Å². The maximum absolute atomic E-state index is 13.8. The number of amides is 5. The Hall–Kier alpha value is -3.93. The molecule has 40 heavy (non-hydrogen) atoms. The number of carbonyl (C=O) groups excluding carboxylic acids is 4. The second-order valence-electron chi connectivity index (χ2n) is 8.14. The lowest BCUT2D eigenvalue weighted by molar-refractivity contribution is -0.122. The molecule has 0 saturated carbocycles. The second kappa shape index (κ2) is 12.5. The number of halogens is 4. The van der Waals surface area contributed by atoms with Crippen molar-refractivity contribution in [3.05, 3.63) is 86.1 Å². The molecule has 1 aliphatic rings. The number of anilines is 2. The Balaban J connectivity index is 1.59. The monoisotopic (exact) mass is 649 g/mol. The Morgan fingerprint density at radius 1 is 1.07 bits per heavy atom. The summed E-state index contributed by atoms with van der Waals surface area (Å²) in [4.78, 5) is 51.4. The first-order valence-corrected chi connectivity index (χ1v) is 13.1. The van der Waals surface area contributed by atoms with Gasteiger partial charge in [0, 0.05) is 0 Å². The molecule has 1 fully saturated rings. The van der Waals surface area contributed by atoms with Gasteiger partial charge in [-0.05, 0) is 77.0 Å². The summed E-state index contributed by atoms with van der Waals surface area (Å²) >= 11 is 15.3. The third-order valence-corrected chi connectivity index (χ3v) is 6.73. The fraction of sp³-hybridized carbons (Fsp3) is 0.111. The highest BCUT2D eigenvalue weighted by Crippen LogP contribution is 2.38. The van der Waals surface area contributed by atoms with Crippen LogP contribution in [0.4, 0.5) is 20.6 Å². The zero-order valence-electron chi connectivity index (χ0n) is 20.6. The molecule has 0 atom stereocenters. The second-order valence-corrected chi connectivity index (χ2v) is 9.80. The van der Waals surface area contributed by atoms with Crippen LogP contribution >= 0.6 is 39.1 Å². The SMILES string of the molecule is CCOc1cc(/C=C2/C(=O)NC(=O)N(c3ccc(Cl)c(Cl)c3)C2=O)cc(Br)c1OCC(=O)Nc1ccccc1F. The largest absolute Gasteiger partial charge is 0.490 e. The standard InChI is InChI=1S/C27H19BrCl2FN3O6/c1-2-39-22-11-14(10-17(28)24(22)40-13-23(35)32-21-6-4-3-5-20(21)31)9-16-25(36)33-27(38)34(26(16)37)15-7-8-18(29)19(30)12-15/h3-12H,2,13H2,1H3,(H,32,35)(H,33,36,38)/b16-9-. The van der Waals surface area contributed by atoms with Crippen LogP contribution in [0.2, 0.25) is 10.0 Å². The summed E-state index contributed by atoms with van der Waals surface area (Å²) in [6, 6.07) is 11.9. The van der Waals surface area contributed by atoms with Gasteiger partial charge in [-0.15, -0.1) is 0 Å². The van der Waals surface area contributed by atoms with Crippen molar-refractivity contribution in [3.8, 4) is 11.5 Å². The van der Waals surface area contributed by atoms with Gasteiger partial charge in [0.25, 0.3) is 17.7 Å². The van der Waals surface area contributed by atoms with Crippen LogP contribution in [0.1, 0.15) is 12.5 Å². The molecule has 4 rings (SSSR count). The molecule has 1 saturated heterocycles. The fourth-order valence-corrected chi connectivity index (χ4v) is 4.51. The molecule has 0 radical (unpaired) electrons. The number of benzene rings is 3. The normalized spacial score (nSPS) is 14.3. The maximum Gasteiger partial charge on any atom is 0.335 e. The smallest absolute Gasteiger partial charge is 0.335 e. The Bertz CT molecular complexity index is 1570. The van der Waals surface area contributed by atoms with E-state index in [2.05, 4.69) is 26.6 Å². The van der Waals surface area contributed by atoms with Crippen molar-refractivity contribution in [2.45, 2.75) is 6.92 Å². The van der Waals surface area contributed by atoms with Gasteiger partial charge in [0.05, 0.1) is 32.5 Å². The summed E-state index contributed by atoms with van der Waals surface area (Å²) in [6.45, 7) is 1.49. The van der Waals surface area contributed by atoms with Gasteiger partial charge in [0.2, 0.25) is 0 Å². The lowest BCUT2D eigenvalue weighted by Gasteiger charge is -2.26. The number of urea groups is 1. The van der Waals surface area contributed by atoms with E-state index in [0.717, 1.165) is 4.90 Å². The lowest BCUT2D eigenvalue weighted by Crippen LogP contribution is -2.54. The number of hydrogen-bond acceptors (Lipinski definition) is 6. The van der Waals surface area contributed by atoms with Crippen molar-refractivity contribution < 1.29 is 33.0 Å². The number of barbiturate groups is 1. The summed E-state index contributed by atoms with van der Waals surface area (Å²) in [7, 11) is 0. The van der Waals surface area contributed by atoms with Crippen LogP contribution in [-0.4, -0.2) is 37.0 Å².